The number of hydrogen-bond donors (Lipinski definition) is 3. The van der Waals surface area contributed by atoms with Gasteiger partial charge in [0.1, 0.15) is 23.5 Å². The van der Waals surface area contributed by atoms with E-state index in [0.717, 1.165) is 0 Å². The number of thiazole rings is 1. The smallest absolute Gasteiger partial charge is 0.252 e. The standard InChI is InChI=1S/C20H21N7O2S/c1-12(2)8-16(19(29)26-20-23-6-7-30-20)25-18(28)13-4-3-5-15(9-13)27-17(22)14(10-21)11-24-27/h3-7,9,11-12,16H,8,22H2,1-2H3,(H,25,28)(H,23,26,29). The van der Waals surface area contributed by atoms with E-state index in [1.54, 1.807) is 35.8 Å². The first-order valence-electron chi connectivity index (χ1n) is 9.24. The highest BCUT2D eigenvalue weighted by atomic mass is 32.1. The van der Waals surface area contributed by atoms with E-state index in [9.17, 15) is 9.59 Å². The topological polar surface area (TPSA) is 139 Å². The lowest BCUT2D eigenvalue weighted by Gasteiger charge is -2.19. The largest absolute Gasteiger partial charge is 0.382 e. The number of nitrogens with one attached hydrogen (secondary N) is 2. The molecule has 3 aromatic rings. The van der Waals surface area contributed by atoms with Gasteiger partial charge in [-0.05, 0) is 30.5 Å². The van der Waals surface area contributed by atoms with Gasteiger partial charge in [0.05, 0.1) is 11.9 Å². The zero-order valence-electron chi connectivity index (χ0n) is 16.5. The van der Waals surface area contributed by atoms with E-state index in [-0.39, 0.29) is 23.2 Å². The van der Waals surface area contributed by atoms with Gasteiger partial charge in [-0.15, -0.1) is 11.3 Å². The van der Waals surface area contributed by atoms with Gasteiger partial charge < -0.3 is 16.4 Å². The summed E-state index contributed by atoms with van der Waals surface area (Å²) in [6, 6.07) is 7.89. The molecule has 1 aromatic carbocycles. The Morgan fingerprint density at radius 3 is 2.80 bits per heavy atom. The molecule has 0 aliphatic rings. The van der Waals surface area contributed by atoms with Crippen molar-refractivity contribution in [2.45, 2.75) is 26.3 Å². The van der Waals surface area contributed by atoms with Gasteiger partial charge >= 0.3 is 0 Å². The van der Waals surface area contributed by atoms with Crippen molar-refractivity contribution in [2.75, 3.05) is 11.1 Å². The first-order valence-corrected chi connectivity index (χ1v) is 10.1. The molecule has 10 heteroatoms. The van der Waals surface area contributed by atoms with Gasteiger partial charge in [-0.1, -0.05) is 19.9 Å². The number of aromatic nitrogens is 3. The van der Waals surface area contributed by atoms with Crippen LogP contribution in [0.3, 0.4) is 0 Å². The van der Waals surface area contributed by atoms with Crippen LogP contribution >= 0.6 is 11.3 Å². The van der Waals surface area contributed by atoms with E-state index in [1.165, 1.54) is 22.2 Å². The minimum atomic E-state index is -0.718. The highest BCUT2D eigenvalue weighted by molar-refractivity contribution is 7.13. The van der Waals surface area contributed by atoms with Gasteiger partial charge in [-0.3, -0.25) is 9.59 Å². The third-order valence-electron chi connectivity index (χ3n) is 4.27. The summed E-state index contributed by atoms with van der Waals surface area (Å²) in [5.74, 6) is -0.339. The second-order valence-corrected chi connectivity index (χ2v) is 7.89. The number of nitriles is 1. The molecule has 2 amide bonds. The molecule has 4 N–H and O–H groups in total. The number of amides is 2. The summed E-state index contributed by atoms with van der Waals surface area (Å²) in [6.45, 7) is 3.95. The highest BCUT2D eigenvalue weighted by Crippen LogP contribution is 2.18. The van der Waals surface area contributed by atoms with E-state index < -0.39 is 11.9 Å². The Morgan fingerprint density at radius 2 is 2.17 bits per heavy atom. The molecule has 154 valence electrons. The molecule has 2 aromatic heterocycles. The quantitative estimate of drug-likeness (QED) is 0.534. The van der Waals surface area contributed by atoms with Crippen LogP contribution in [0.5, 0.6) is 0 Å². The van der Waals surface area contributed by atoms with E-state index in [4.69, 9.17) is 11.0 Å². The number of nitrogen functional groups attached to an aromatic ring is 1. The van der Waals surface area contributed by atoms with Crippen LogP contribution in [0, 0.1) is 17.2 Å². The molecule has 0 bridgehead atoms. The fraction of sp³-hybridized carbons (Fsp3) is 0.250. The molecular formula is C20H21N7O2S. The van der Waals surface area contributed by atoms with Crippen molar-refractivity contribution in [1.82, 2.24) is 20.1 Å². The number of rotatable bonds is 7. The molecule has 9 nitrogen and oxygen atoms in total. The van der Waals surface area contributed by atoms with Gasteiger partial charge in [0.2, 0.25) is 5.91 Å². The van der Waals surface area contributed by atoms with Crippen molar-refractivity contribution in [3.8, 4) is 11.8 Å². The van der Waals surface area contributed by atoms with Crippen LogP contribution in [0.1, 0.15) is 36.2 Å². The van der Waals surface area contributed by atoms with Crippen LogP contribution in [0.15, 0.2) is 42.0 Å². The summed E-state index contributed by atoms with van der Waals surface area (Å²) in [7, 11) is 0. The first-order chi connectivity index (χ1) is 14.4. The number of nitrogens with two attached hydrogens (primary N) is 1. The average Bonchev–Trinajstić information content (AvgIpc) is 3.36. The Hall–Kier alpha value is -3.71. The molecular weight excluding hydrogens is 402 g/mol. The number of benzene rings is 1. The van der Waals surface area contributed by atoms with Gasteiger partial charge in [0.15, 0.2) is 5.13 Å². The van der Waals surface area contributed by atoms with E-state index >= 15 is 0 Å². The second kappa shape index (κ2) is 9.19. The van der Waals surface area contributed by atoms with Gasteiger partial charge in [-0.25, -0.2) is 9.67 Å². The zero-order chi connectivity index (χ0) is 21.7. The van der Waals surface area contributed by atoms with Gasteiger partial charge in [-0.2, -0.15) is 10.4 Å². The maximum absolute atomic E-state index is 12.9. The Bertz CT molecular complexity index is 1080. The Balaban J connectivity index is 1.79. The maximum Gasteiger partial charge on any atom is 0.252 e. The normalized spacial score (nSPS) is 11.7. The van der Waals surface area contributed by atoms with Crippen LogP contribution in [0.2, 0.25) is 0 Å². The number of nitrogens with zero attached hydrogens (tertiary/aromatic N) is 4. The Labute approximate surface area is 177 Å². The van der Waals surface area contributed by atoms with Gasteiger partial charge in [0.25, 0.3) is 5.91 Å². The molecule has 30 heavy (non-hydrogen) atoms. The number of carbonyl (C=O) groups excluding carboxylic acids is 2. The molecule has 0 saturated heterocycles. The van der Waals surface area contributed by atoms with Crippen molar-refractivity contribution >= 4 is 34.1 Å². The predicted molar refractivity (Wildman–Crippen MR) is 114 cm³/mol. The fourth-order valence-corrected chi connectivity index (χ4v) is 3.38. The first kappa shape index (κ1) is 21.0. The third kappa shape index (κ3) is 4.82. The van der Waals surface area contributed by atoms with Crippen molar-refractivity contribution < 1.29 is 9.59 Å². The molecule has 2 heterocycles. The summed E-state index contributed by atoms with van der Waals surface area (Å²) in [5.41, 5.74) is 7.06. The van der Waals surface area contributed by atoms with Crippen molar-refractivity contribution in [2.24, 2.45) is 5.92 Å². The summed E-state index contributed by atoms with van der Waals surface area (Å²) in [5, 5.41) is 20.9. The SMILES string of the molecule is CC(C)CC(NC(=O)c1cccc(-n2ncc(C#N)c2N)c1)C(=O)Nc1nccs1. The Kier molecular flexibility index (Phi) is 6.44. The average molecular weight is 424 g/mol. The van der Waals surface area contributed by atoms with E-state index in [2.05, 4.69) is 20.7 Å². The lowest BCUT2D eigenvalue weighted by molar-refractivity contribution is -0.118. The summed E-state index contributed by atoms with van der Waals surface area (Å²) >= 11 is 1.31. The third-order valence-corrected chi connectivity index (χ3v) is 4.96. The molecule has 0 saturated carbocycles. The second-order valence-electron chi connectivity index (χ2n) is 7.00. The highest BCUT2D eigenvalue weighted by Gasteiger charge is 2.23. The molecule has 0 aliphatic heterocycles. The lowest BCUT2D eigenvalue weighted by atomic mass is 10.0. The maximum atomic E-state index is 12.9. The van der Waals surface area contributed by atoms with Crippen molar-refractivity contribution in [3.63, 3.8) is 0 Å². The fourth-order valence-electron chi connectivity index (χ4n) is 2.85. The summed E-state index contributed by atoms with van der Waals surface area (Å²) in [6.07, 6.45) is 3.44. The van der Waals surface area contributed by atoms with Crippen molar-refractivity contribution in [1.29, 1.82) is 5.26 Å². The van der Waals surface area contributed by atoms with Crippen molar-refractivity contribution in [3.05, 3.63) is 53.2 Å². The molecule has 0 radical (unpaired) electrons. The lowest BCUT2D eigenvalue weighted by Crippen LogP contribution is -2.44. The molecule has 1 atom stereocenters. The van der Waals surface area contributed by atoms with Crippen LogP contribution in [-0.4, -0.2) is 32.6 Å². The van der Waals surface area contributed by atoms with Crippen LogP contribution in [0.4, 0.5) is 10.9 Å². The summed E-state index contributed by atoms with van der Waals surface area (Å²) < 4.78 is 1.39. The molecule has 0 spiro atoms. The van der Waals surface area contributed by atoms with E-state index in [1.807, 2.05) is 19.9 Å². The molecule has 0 aliphatic carbocycles. The predicted octanol–water partition coefficient (Wildman–Crippen LogP) is 2.57. The van der Waals surface area contributed by atoms with Crippen LogP contribution in [-0.2, 0) is 4.79 Å². The minimum Gasteiger partial charge on any atom is -0.382 e. The van der Waals surface area contributed by atoms with Crippen LogP contribution in [0.25, 0.3) is 5.69 Å². The molecule has 3 rings (SSSR count). The van der Waals surface area contributed by atoms with Crippen LogP contribution < -0.4 is 16.4 Å². The molecule has 0 fully saturated rings. The number of anilines is 2. The minimum absolute atomic E-state index is 0.190. The van der Waals surface area contributed by atoms with Gasteiger partial charge in [0, 0.05) is 17.1 Å². The molecule has 1 unspecified atom stereocenters. The van der Waals surface area contributed by atoms with E-state index in [0.29, 0.717) is 22.8 Å². The number of hydrogen-bond acceptors (Lipinski definition) is 7. The Morgan fingerprint density at radius 1 is 1.37 bits per heavy atom. The summed E-state index contributed by atoms with van der Waals surface area (Å²) in [4.78, 5) is 29.6. The zero-order valence-corrected chi connectivity index (χ0v) is 17.3. The number of carbonyl (C=O) groups is 2. The monoisotopic (exact) mass is 423 g/mol.